The Hall–Kier alpha value is -1.52. The van der Waals surface area contributed by atoms with Crippen LogP contribution in [-0.4, -0.2) is 25.4 Å². The van der Waals surface area contributed by atoms with Crippen molar-refractivity contribution < 1.29 is 14.3 Å². The largest absolute Gasteiger partial charge is 0.493 e. The molecular formula is C17H25NO3. The number of hydrogen-bond acceptors (Lipinski definition) is 4. The summed E-state index contributed by atoms with van der Waals surface area (Å²) in [6.07, 6.45) is 2.08. The van der Waals surface area contributed by atoms with Gasteiger partial charge in [-0.3, -0.25) is 0 Å². The van der Waals surface area contributed by atoms with Crippen LogP contribution in [0.3, 0.4) is 0 Å². The summed E-state index contributed by atoms with van der Waals surface area (Å²) >= 11 is 0. The molecule has 0 saturated carbocycles. The minimum Gasteiger partial charge on any atom is -0.493 e. The van der Waals surface area contributed by atoms with E-state index in [9.17, 15) is 0 Å². The summed E-state index contributed by atoms with van der Waals surface area (Å²) < 4.78 is 11.2. The Bertz CT molecular complexity index is 564. The summed E-state index contributed by atoms with van der Waals surface area (Å²) in [7, 11) is 1.65. The summed E-state index contributed by atoms with van der Waals surface area (Å²) in [6, 6.07) is 8.12. The number of furan rings is 1. The van der Waals surface area contributed by atoms with Gasteiger partial charge in [0, 0.05) is 12.0 Å². The van der Waals surface area contributed by atoms with E-state index in [0.29, 0.717) is 5.92 Å². The second kappa shape index (κ2) is 7.48. The van der Waals surface area contributed by atoms with Crippen molar-refractivity contribution in [3.63, 3.8) is 0 Å². The molecule has 0 saturated heterocycles. The molecule has 0 amide bonds. The quantitative estimate of drug-likeness (QED) is 0.731. The lowest BCUT2D eigenvalue weighted by atomic mass is 10.1. The third-order valence-electron chi connectivity index (χ3n) is 3.81. The van der Waals surface area contributed by atoms with Gasteiger partial charge in [-0.15, -0.1) is 0 Å². The summed E-state index contributed by atoms with van der Waals surface area (Å²) in [6.45, 7) is 5.34. The van der Waals surface area contributed by atoms with Gasteiger partial charge in [-0.1, -0.05) is 19.1 Å². The molecule has 0 aliphatic rings. The monoisotopic (exact) mass is 291 g/mol. The molecule has 0 fully saturated rings. The van der Waals surface area contributed by atoms with E-state index in [2.05, 4.69) is 25.2 Å². The Labute approximate surface area is 126 Å². The van der Waals surface area contributed by atoms with Gasteiger partial charge in [0.1, 0.15) is 5.76 Å². The number of rotatable bonds is 8. The molecule has 2 rings (SSSR count). The topological polar surface area (TPSA) is 54.6 Å². The summed E-state index contributed by atoms with van der Waals surface area (Å²) in [5.74, 6) is 2.06. The van der Waals surface area contributed by atoms with Crippen molar-refractivity contribution in [3.8, 4) is 5.75 Å². The fourth-order valence-electron chi connectivity index (χ4n) is 2.39. The molecule has 21 heavy (non-hydrogen) atoms. The molecule has 0 radical (unpaired) electrons. The molecule has 0 aliphatic carbocycles. The Kier molecular flexibility index (Phi) is 5.65. The lowest BCUT2D eigenvalue weighted by Crippen LogP contribution is -2.20. The van der Waals surface area contributed by atoms with Crippen LogP contribution in [0.2, 0.25) is 0 Å². The van der Waals surface area contributed by atoms with Gasteiger partial charge in [0.05, 0.1) is 13.2 Å². The second-order valence-corrected chi connectivity index (χ2v) is 5.63. The summed E-state index contributed by atoms with van der Waals surface area (Å²) in [5.41, 5.74) is 0.803. The molecule has 4 heteroatoms. The highest BCUT2D eigenvalue weighted by atomic mass is 16.5. The van der Waals surface area contributed by atoms with E-state index >= 15 is 0 Å². The standard InChI is InChI=1S/C17H25NO3/c1-12(11-19)6-5-9-18-13(2)16-10-14-7-4-8-15(20-3)17(14)21-16/h4,7-8,10,12-13,18-19H,5-6,9,11H2,1-3H3. The maximum Gasteiger partial charge on any atom is 0.176 e. The Morgan fingerprint density at radius 3 is 2.86 bits per heavy atom. The predicted molar refractivity (Wildman–Crippen MR) is 84.7 cm³/mol. The van der Waals surface area contributed by atoms with Gasteiger partial charge in [-0.2, -0.15) is 0 Å². The van der Waals surface area contributed by atoms with E-state index in [4.69, 9.17) is 14.3 Å². The molecule has 1 aromatic carbocycles. The van der Waals surface area contributed by atoms with Gasteiger partial charge in [0.15, 0.2) is 11.3 Å². The number of hydrogen-bond donors (Lipinski definition) is 2. The van der Waals surface area contributed by atoms with E-state index in [1.54, 1.807) is 7.11 Å². The minimum absolute atomic E-state index is 0.159. The van der Waals surface area contributed by atoms with E-state index in [0.717, 1.165) is 41.9 Å². The predicted octanol–water partition coefficient (Wildman–Crippen LogP) is 3.50. The van der Waals surface area contributed by atoms with Gasteiger partial charge >= 0.3 is 0 Å². The highest BCUT2D eigenvalue weighted by Crippen LogP contribution is 2.30. The molecule has 2 atom stereocenters. The van der Waals surface area contributed by atoms with Crippen LogP contribution in [0.15, 0.2) is 28.7 Å². The van der Waals surface area contributed by atoms with Gasteiger partial charge in [-0.25, -0.2) is 0 Å². The third-order valence-corrected chi connectivity index (χ3v) is 3.81. The number of ether oxygens (including phenoxy) is 1. The van der Waals surface area contributed by atoms with Gasteiger partial charge in [-0.05, 0) is 44.4 Å². The SMILES string of the molecule is COc1cccc2cc(C(C)NCCCC(C)CO)oc12. The molecule has 1 heterocycles. The Balaban J connectivity index is 1.95. The van der Waals surface area contributed by atoms with Crippen LogP contribution < -0.4 is 10.1 Å². The maximum atomic E-state index is 9.00. The first-order valence-electron chi connectivity index (χ1n) is 7.56. The van der Waals surface area contributed by atoms with Crippen molar-refractivity contribution in [1.82, 2.24) is 5.32 Å². The van der Waals surface area contributed by atoms with Crippen molar-refractivity contribution in [3.05, 3.63) is 30.0 Å². The minimum atomic E-state index is 0.159. The smallest absolute Gasteiger partial charge is 0.176 e. The zero-order valence-corrected chi connectivity index (χ0v) is 13.1. The van der Waals surface area contributed by atoms with E-state index in [1.807, 2.05) is 18.2 Å². The highest BCUT2D eigenvalue weighted by molar-refractivity contribution is 5.83. The normalized spacial score (nSPS) is 14.3. The second-order valence-electron chi connectivity index (χ2n) is 5.63. The molecule has 2 aromatic rings. The van der Waals surface area contributed by atoms with Crippen LogP contribution in [0.4, 0.5) is 0 Å². The number of aliphatic hydroxyl groups excluding tert-OH is 1. The average molecular weight is 291 g/mol. The number of methoxy groups -OCH3 is 1. The maximum absolute atomic E-state index is 9.00. The first kappa shape index (κ1) is 15.9. The van der Waals surface area contributed by atoms with Gasteiger partial charge in [0.2, 0.25) is 0 Å². The number of nitrogens with one attached hydrogen (secondary N) is 1. The van der Waals surface area contributed by atoms with Crippen molar-refractivity contribution >= 4 is 11.0 Å². The van der Waals surface area contributed by atoms with Crippen LogP contribution in [0.1, 0.15) is 38.5 Å². The average Bonchev–Trinajstić information content (AvgIpc) is 2.95. The first-order valence-corrected chi connectivity index (χ1v) is 7.56. The summed E-state index contributed by atoms with van der Waals surface area (Å²) in [4.78, 5) is 0. The molecule has 4 nitrogen and oxygen atoms in total. The third kappa shape index (κ3) is 3.99. The molecule has 2 unspecified atom stereocenters. The molecule has 2 N–H and O–H groups in total. The van der Waals surface area contributed by atoms with Crippen molar-refractivity contribution in [2.45, 2.75) is 32.7 Å². The van der Waals surface area contributed by atoms with Crippen LogP contribution in [0, 0.1) is 5.92 Å². The lowest BCUT2D eigenvalue weighted by molar-refractivity contribution is 0.227. The van der Waals surface area contributed by atoms with Crippen molar-refractivity contribution in [2.24, 2.45) is 5.92 Å². The number of aliphatic hydroxyl groups is 1. The zero-order chi connectivity index (χ0) is 15.2. The van der Waals surface area contributed by atoms with Crippen LogP contribution in [0.25, 0.3) is 11.0 Å². The molecule has 0 spiro atoms. The fourth-order valence-corrected chi connectivity index (χ4v) is 2.39. The highest BCUT2D eigenvalue weighted by Gasteiger charge is 2.13. The molecule has 0 bridgehead atoms. The first-order chi connectivity index (χ1) is 10.2. The molecule has 116 valence electrons. The van der Waals surface area contributed by atoms with E-state index in [-0.39, 0.29) is 12.6 Å². The molecule has 0 aliphatic heterocycles. The van der Waals surface area contributed by atoms with Crippen LogP contribution in [0.5, 0.6) is 5.75 Å². The van der Waals surface area contributed by atoms with E-state index in [1.165, 1.54) is 0 Å². The van der Waals surface area contributed by atoms with E-state index < -0.39 is 0 Å². The molecule has 1 aromatic heterocycles. The Morgan fingerprint density at radius 1 is 1.33 bits per heavy atom. The fraction of sp³-hybridized carbons (Fsp3) is 0.529. The lowest BCUT2D eigenvalue weighted by Gasteiger charge is -2.12. The molecular weight excluding hydrogens is 266 g/mol. The van der Waals surface area contributed by atoms with Crippen LogP contribution in [-0.2, 0) is 0 Å². The van der Waals surface area contributed by atoms with Crippen molar-refractivity contribution in [2.75, 3.05) is 20.3 Å². The zero-order valence-electron chi connectivity index (χ0n) is 13.1. The van der Waals surface area contributed by atoms with Gasteiger partial charge in [0.25, 0.3) is 0 Å². The number of benzene rings is 1. The summed E-state index contributed by atoms with van der Waals surface area (Å²) in [5, 5.41) is 13.5. The number of para-hydroxylation sites is 1. The Morgan fingerprint density at radius 2 is 2.14 bits per heavy atom. The van der Waals surface area contributed by atoms with Gasteiger partial charge < -0.3 is 19.6 Å². The number of fused-ring (bicyclic) bond motifs is 1. The van der Waals surface area contributed by atoms with Crippen molar-refractivity contribution in [1.29, 1.82) is 0 Å². The van der Waals surface area contributed by atoms with Crippen LogP contribution >= 0.6 is 0 Å².